The summed E-state index contributed by atoms with van der Waals surface area (Å²) in [5.41, 5.74) is 0.377. The van der Waals surface area contributed by atoms with Crippen LogP contribution in [0.4, 0.5) is 0 Å². The average molecular weight is 317 g/mol. The van der Waals surface area contributed by atoms with Crippen LogP contribution in [0.5, 0.6) is 0 Å². The molecule has 3 atom stereocenters. The summed E-state index contributed by atoms with van der Waals surface area (Å²) in [6, 6.07) is 4.86. The molecule has 0 aliphatic carbocycles. The summed E-state index contributed by atoms with van der Waals surface area (Å²) in [5, 5.41) is 0. The van der Waals surface area contributed by atoms with E-state index in [0.717, 1.165) is 25.9 Å². The molecule has 0 saturated carbocycles. The topological polar surface area (TPSA) is 45.5 Å². The Morgan fingerprint density at radius 3 is 2.52 bits per heavy atom. The highest BCUT2D eigenvalue weighted by molar-refractivity contribution is 5.94. The third kappa shape index (κ3) is 3.20. The quantitative estimate of drug-likeness (QED) is 0.836. The van der Waals surface area contributed by atoms with Gasteiger partial charge in [-0.1, -0.05) is 0 Å². The standard InChI is InChI=1S/C18H27N3O2/c1-13-6-7-14(2)21(13)16-5-4-9-20(12-16)18(23)15-8-10-19(3)17(22)11-15/h8,10-11,13-14,16H,4-7,9,12H2,1-3H3/t13-,14-,16+/m1/s1. The van der Waals surface area contributed by atoms with Crippen LogP contribution in [0.25, 0.3) is 0 Å². The molecule has 126 valence electrons. The monoisotopic (exact) mass is 317 g/mol. The Morgan fingerprint density at radius 1 is 1.17 bits per heavy atom. The maximum absolute atomic E-state index is 12.7. The van der Waals surface area contributed by atoms with Gasteiger partial charge in [-0.05, 0) is 45.6 Å². The molecule has 2 aliphatic rings. The largest absolute Gasteiger partial charge is 0.337 e. The number of piperidine rings is 1. The van der Waals surface area contributed by atoms with Crippen LogP contribution in [0.1, 0.15) is 49.9 Å². The molecule has 0 aromatic carbocycles. The van der Waals surface area contributed by atoms with Crippen molar-refractivity contribution in [2.75, 3.05) is 13.1 Å². The van der Waals surface area contributed by atoms with E-state index in [4.69, 9.17) is 0 Å². The van der Waals surface area contributed by atoms with Crippen LogP contribution in [-0.2, 0) is 7.05 Å². The number of amides is 1. The third-order valence-electron chi connectivity index (χ3n) is 5.48. The Kier molecular flexibility index (Phi) is 4.57. The third-order valence-corrected chi connectivity index (χ3v) is 5.48. The normalized spacial score (nSPS) is 29.0. The van der Waals surface area contributed by atoms with E-state index in [1.165, 1.54) is 23.5 Å². The highest BCUT2D eigenvalue weighted by Gasteiger charge is 2.36. The van der Waals surface area contributed by atoms with Gasteiger partial charge in [-0.15, -0.1) is 0 Å². The molecule has 2 saturated heterocycles. The van der Waals surface area contributed by atoms with Gasteiger partial charge < -0.3 is 9.47 Å². The molecular formula is C18H27N3O2. The SMILES string of the molecule is C[C@@H]1CC[C@@H](C)N1[C@H]1CCCN(C(=O)c2ccn(C)c(=O)c2)C1. The van der Waals surface area contributed by atoms with Crippen molar-refractivity contribution in [3.8, 4) is 0 Å². The van der Waals surface area contributed by atoms with Crippen LogP contribution in [0.2, 0.25) is 0 Å². The molecule has 5 heteroatoms. The Hall–Kier alpha value is -1.62. The summed E-state index contributed by atoms with van der Waals surface area (Å²) in [7, 11) is 1.70. The maximum atomic E-state index is 12.7. The molecule has 0 radical (unpaired) electrons. The lowest BCUT2D eigenvalue weighted by molar-refractivity contribution is 0.0487. The van der Waals surface area contributed by atoms with Crippen molar-refractivity contribution in [2.45, 2.75) is 57.7 Å². The zero-order valence-corrected chi connectivity index (χ0v) is 14.4. The van der Waals surface area contributed by atoms with Gasteiger partial charge in [-0.3, -0.25) is 14.5 Å². The van der Waals surface area contributed by atoms with E-state index in [1.54, 1.807) is 19.3 Å². The van der Waals surface area contributed by atoms with Crippen molar-refractivity contribution in [1.82, 2.24) is 14.4 Å². The van der Waals surface area contributed by atoms with E-state index in [0.29, 0.717) is 23.7 Å². The van der Waals surface area contributed by atoms with Gasteiger partial charge in [-0.2, -0.15) is 0 Å². The lowest BCUT2D eigenvalue weighted by atomic mass is 10.0. The second-order valence-electron chi connectivity index (χ2n) is 7.13. The number of hydrogen-bond acceptors (Lipinski definition) is 3. The minimum atomic E-state index is -0.133. The molecule has 0 N–H and O–H groups in total. The molecule has 3 heterocycles. The molecule has 2 fully saturated rings. The second kappa shape index (κ2) is 6.48. The number of aromatic nitrogens is 1. The number of carbonyl (C=O) groups is 1. The van der Waals surface area contributed by atoms with Gasteiger partial charge in [0.15, 0.2) is 0 Å². The van der Waals surface area contributed by atoms with Crippen molar-refractivity contribution >= 4 is 5.91 Å². The fourth-order valence-corrected chi connectivity index (χ4v) is 4.18. The lowest BCUT2D eigenvalue weighted by Crippen LogP contribution is -2.52. The zero-order valence-electron chi connectivity index (χ0n) is 14.4. The van der Waals surface area contributed by atoms with Gasteiger partial charge in [0, 0.05) is 56.1 Å². The summed E-state index contributed by atoms with van der Waals surface area (Å²) >= 11 is 0. The number of pyridine rings is 1. The molecule has 2 aliphatic heterocycles. The van der Waals surface area contributed by atoms with Crippen LogP contribution in [0.15, 0.2) is 23.1 Å². The Balaban J connectivity index is 1.74. The lowest BCUT2D eigenvalue weighted by Gasteiger charge is -2.41. The highest BCUT2D eigenvalue weighted by Crippen LogP contribution is 2.30. The predicted molar refractivity (Wildman–Crippen MR) is 90.6 cm³/mol. The van der Waals surface area contributed by atoms with Crippen molar-refractivity contribution < 1.29 is 4.79 Å². The zero-order chi connectivity index (χ0) is 16.6. The summed E-state index contributed by atoms with van der Waals surface area (Å²) in [6.45, 7) is 6.17. The van der Waals surface area contributed by atoms with Crippen molar-refractivity contribution in [2.24, 2.45) is 7.05 Å². The van der Waals surface area contributed by atoms with Crippen LogP contribution in [0, 0.1) is 0 Å². The van der Waals surface area contributed by atoms with Gasteiger partial charge >= 0.3 is 0 Å². The summed E-state index contributed by atoms with van der Waals surface area (Å²) in [5.74, 6) is -0.00750. The van der Waals surface area contributed by atoms with Gasteiger partial charge in [0.05, 0.1) is 0 Å². The number of hydrogen-bond donors (Lipinski definition) is 0. The Labute approximate surface area is 137 Å². The van der Waals surface area contributed by atoms with Crippen molar-refractivity contribution in [3.63, 3.8) is 0 Å². The summed E-state index contributed by atoms with van der Waals surface area (Å²) in [4.78, 5) is 29.0. The molecule has 1 amide bonds. The highest BCUT2D eigenvalue weighted by atomic mass is 16.2. The molecule has 1 aromatic rings. The molecule has 1 aromatic heterocycles. The van der Waals surface area contributed by atoms with Crippen molar-refractivity contribution in [3.05, 3.63) is 34.2 Å². The van der Waals surface area contributed by atoms with E-state index < -0.39 is 0 Å². The Morgan fingerprint density at radius 2 is 1.87 bits per heavy atom. The average Bonchev–Trinajstić information content (AvgIpc) is 2.88. The molecule has 23 heavy (non-hydrogen) atoms. The molecule has 5 nitrogen and oxygen atoms in total. The summed E-state index contributed by atoms with van der Waals surface area (Å²) < 4.78 is 1.49. The number of nitrogens with zero attached hydrogens (tertiary/aromatic N) is 3. The van der Waals surface area contributed by atoms with Crippen LogP contribution in [-0.4, -0.2) is 51.5 Å². The van der Waals surface area contributed by atoms with Gasteiger partial charge in [0.2, 0.25) is 0 Å². The van der Waals surface area contributed by atoms with E-state index >= 15 is 0 Å². The smallest absolute Gasteiger partial charge is 0.254 e. The minimum absolute atomic E-state index is 0.00750. The fraction of sp³-hybridized carbons (Fsp3) is 0.667. The van der Waals surface area contributed by atoms with E-state index in [1.807, 2.05) is 4.90 Å². The van der Waals surface area contributed by atoms with E-state index in [9.17, 15) is 9.59 Å². The number of rotatable bonds is 2. The molecule has 3 rings (SSSR count). The predicted octanol–water partition coefficient (Wildman–Crippen LogP) is 1.86. The number of likely N-dealkylation sites (tertiary alicyclic amines) is 2. The van der Waals surface area contributed by atoms with Gasteiger partial charge in [0.25, 0.3) is 11.5 Å². The molecule has 0 bridgehead atoms. The molecule has 0 spiro atoms. The first-order valence-electron chi connectivity index (χ1n) is 8.70. The fourth-order valence-electron chi connectivity index (χ4n) is 4.18. The first-order chi connectivity index (χ1) is 11.0. The summed E-state index contributed by atoms with van der Waals surface area (Å²) in [6.07, 6.45) is 6.37. The van der Waals surface area contributed by atoms with Crippen LogP contribution >= 0.6 is 0 Å². The van der Waals surface area contributed by atoms with Gasteiger partial charge in [0.1, 0.15) is 0 Å². The molecular weight excluding hydrogens is 290 g/mol. The first-order valence-corrected chi connectivity index (χ1v) is 8.70. The second-order valence-corrected chi connectivity index (χ2v) is 7.13. The van der Waals surface area contributed by atoms with Crippen LogP contribution < -0.4 is 5.56 Å². The number of carbonyl (C=O) groups excluding carboxylic acids is 1. The first kappa shape index (κ1) is 16.2. The minimum Gasteiger partial charge on any atom is -0.337 e. The van der Waals surface area contributed by atoms with Crippen molar-refractivity contribution in [1.29, 1.82) is 0 Å². The molecule has 0 unspecified atom stereocenters. The maximum Gasteiger partial charge on any atom is 0.254 e. The van der Waals surface area contributed by atoms with Gasteiger partial charge in [-0.25, -0.2) is 0 Å². The Bertz CT molecular complexity index is 629. The van der Waals surface area contributed by atoms with Crippen LogP contribution in [0.3, 0.4) is 0 Å². The number of aryl methyl sites for hydroxylation is 1. The van der Waals surface area contributed by atoms with E-state index in [-0.39, 0.29) is 11.5 Å². The van der Waals surface area contributed by atoms with E-state index in [2.05, 4.69) is 18.7 Å².